The van der Waals surface area contributed by atoms with Gasteiger partial charge in [0, 0.05) is 6.54 Å². The van der Waals surface area contributed by atoms with Crippen LogP contribution < -0.4 is 11.1 Å². The van der Waals surface area contributed by atoms with Crippen molar-refractivity contribution in [2.45, 2.75) is 0 Å². The van der Waals surface area contributed by atoms with Crippen LogP contribution in [0.25, 0.3) is 0 Å². The van der Waals surface area contributed by atoms with E-state index in [9.17, 15) is 4.79 Å². The lowest BCUT2D eigenvalue weighted by Crippen LogP contribution is -2.26. The number of halogens is 1. The Morgan fingerprint density at radius 3 is 2.93 bits per heavy atom. The summed E-state index contributed by atoms with van der Waals surface area (Å²) in [6.07, 6.45) is 0. The van der Waals surface area contributed by atoms with Crippen LogP contribution in [-0.4, -0.2) is 24.2 Å². The molecule has 0 spiro atoms. The molecule has 0 aliphatic carbocycles. The van der Waals surface area contributed by atoms with Gasteiger partial charge in [0.15, 0.2) is 0 Å². The van der Waals surface area contributed by atoms with Gasteiger partial charge in [0.1, 0.15) is 0 Å². The SMILES string of the molecule is Nc1cccc(C(=O)NCCO)c1Cl. The maximum atomic E-state index is 11.4. The monoisotopic (exact) mass is 214 g/mol. The molecule has 0 aliphatic heterocycles. The van der Waals surface area contributed by atoms with Crippen molar-refractivity contribution in [2.75, 3.05) is 18.9 Å². The zero-order chi connectivity index (χ0) is 10.6. The molecule has 0 radical (unpaired) electrons. The van der Waals surface area contributed by atoms with Crippen LogP contribution >= 0.6 is 11.6 Å². The fourth-order valence-corrected chi connectivity index (χ4v) is 1.20. The van der Waals surface area contributed by atoms with Crippen molar-refractivity contribution >= 4 is 23.2 Å². The summed E-state index contributed by atoms with van der Waals surface area (Å²) in [6, 6.07) is 4.84. The average Bonchev–Trinajstić information content (AvgIpc) is 2.18. The largest absolute Gasteiger partial charge is 0.398 e. The molecule has 0 aliphatic rings. The number of hydrogen-bond acceptors (Lipinski definition) is 3. The second-order valence-electron chi connectivity index (χ2n) is 2.69. The molecule has 76 valence electrons. The van der Waals surface area contributed by atoms with E-state index in [1.54, 1.807) is 18.2 Å². The van der Waals surface area contributed by atoms with Gasteiger partial charge < -0.3 is 16.2 Å². The Hall–Kier alpha value is -1.26. The van der Waals surface area contributed by atoms with Crippen molar-refractivity contribution in [2.24, 2.45) is 0 Å². The molecular formula is C9H11ClN2O2. The Kier molecular flexibility index (Phi) is 3.73. The fourth-order valence-electron chi connectivity index (χ4n) is 0.990. The summed E-state index contributed by atoms with van der Waals surface area (Å²) >= 11 is 5.82. The lowest BCUT2D eigenvalue weighted by molar-refractivity contribution is 0.0945. The van der Waals surface area contributed by atoms with Crippen LogP contribution in [0.5, 0.6) is 0 Å². The highest BCUT2D eigenvalue weighted by Gasteiger charge is 2.10. The highest BCUT2D eigenvalue weighted by atomic mass is 35.5. The minimum Gasteiger partial charge on any atom is -0.398 e. The molecule has 4 nitrogen and oxygen atoms in total. The Bertz CT molecular complexity index is 342. The highest BCUT2D eigenvalue weighted by Crippen LogP contribution is 2.22. The number of aliphatic hydroxyl groups excluding tert-OH is 1. The molecule has 0 saturated carbocycles. The summed E-state index contributed by atoms with van der Waals surface area (Å²) in [5.74, 6) is -0.337. The van der Waals surface area contributed by atoms with E-state index < -0.39 is 0 Å². The third-order valence-electron chi connectivity index (χ3n) is 1.67. The van der Waals surface area contributed by atoms with Gasteiger partial charge in [0.2, 0.25) is 0 Å². The summed E-state index contributed by atoms with van der Waals surface area (Å²) in [5.41, 5.74) is 6.21. The summed E-state index contributed by atoms with van der Waals surface area (Å²) in [5, 5.41) is 11.2. The van der Waals surface area contributed by atoms with Gasteiger partial charge >= 0.3 is 0 Å². The molecule has 0 aromatic heterocycles. The number of nitrogens with one attached hydrogen (secondary N) is 1. The number of nitrogen functional groups attached to an aromatic ring is 1. The minimum atomic E-state index is -0.337. The predicted molar refractivity (Wildman–Crippen MR) is 55.3 cm³/mol. The summed E-state index contributed by atoms with van der Waals surface area (Å²) in [7, 11) is 0. The topological polar surface area (TPSA) is 75.4 Å². The fraction of sp³-hybridized carbons (Fsp3) is 0.222. The molecule has 1 aromatic carbocycles. The lowest BCUT2D eigenvalue weighted by atomic mass is 10.2. The lowest BCUT2D eigenvalue weighted by Gasteiger charge is -2.06. The zero-order valence-corrected chi connectivity index (χ0v) is 8.21. The summed E-state index contributed by atoms with van der Waals surface area (Å²) in [6.45, 7) is 0.0929. The van der Waals surface area contributed by atoms with Gasteiger partial charge in [-0.05, 0) is 12.1 Å². The van der Waals surface area contributed by atoms with Gasteiger partial charge in [-0.3, -0.25) is 4.79 Å². The van der Waals surface area contributed by atoms with E-state index in [4.69, 9.17) is 22.4 Å². The number of carbonyl (C=O) groups is 1. The number of amides is 1. The first kappa shape index (κ1) is 10.8. The van der Waals surface area contributed by atoms with E-state index in [1.807, 2.05) is 0 Å². The maximum Gasteiger partial charge on any atom is 0.252 e. The van der Waals surface area contributed by atoms with Crippen LogP contribution in [0.3, 0.4) is 0 Å². The van der Waals surface area contributed by atoms with Gasteiger partial charge in [-0.25, -0.2) is 0 Å². The normalized spacial score (nSPS) is 9.86. The molecule has 0 unspecified atom stereocenters. The zero-order valence-electron chi connectivity index (χ0n) is 7.46. The van der Waals surface area contributed by atoms with Crippen molar-refractivity contribution in [3.63, 3.8) is 0 Å². The van der Waals surface area contributed by atoms with Crippen molar-refractivity contribution in [3.05, 3.63) is 28.8 Å². The second-order valence-corrected chi connectivity index (χ2v) is 3.07. The molecular weight excluding hydrogens is 204 g/mol. The van der Waals surface area contributed by atoms with Crippen LogP contribution in [0, 0.1) is 0 Å². The van der Waals surface area contributed by atoms with Crippen LogP contribution in [0.15, 0.2) is 18.2 Å². The quantitative estimate of drug-likeness (QED) is 0.647. The highest BCUT2D eigenvalue weighted by molar-refractivity contribution is 6.36. The van der Waals surface area contributed by atoms with Crippen LogP contribution in [-0.2, 0) is 0 Å². The first-order valence-electron chi connectivity index (χ1n) is 4.10. The molecule has 5 heteroatoms. The molecule has 0 heterocycles. The van der Waals surface area contributed by atoms with Crippen LogP contribution in [0.4, 0.5) is 5.69 Å². The Morgan fingerprint density at radius 2 is 2.29 bits per heavy atom. The number of hydrogen-bond donors (Lipinski definition) is 3. The Labute approximate surface area is 86.7 Å². The molecule has 0 saturated heterocycles. The molecule has 1 rings (SSSR count). The molecule has 14 heavy (non-hydrogen) atoms. The molecule has 1 aromatic rings. The van der Waals surface area contributed by atoms with Gasteiger partial charge in [-0.2, -0.15) is 0 Å². The standard InChI is InChI=1S/C9H11ClN2O2/c10-8-6(2-1-3-7(8)11)9(14)12-4-5-13/h1-3,13H,4-5,11H2,(H,12,14). The minimum absolute atomic E-state index is 0.105. The summed E-state index contributed by atoms with van der Waals surface area (Å²) in [4.78, 5) is 11.4. The second kappa shape index (κ2) is 4.83. The molecule has 0 fully saturated rings. The third kappa shape index (κ3) is 2.37. The van der Waals surface area contributed by atoms with E-state index >= 15 is 0 Å². The number of anilines is 1. The van der Waals surface area contributed by atoms with Crippen LogP contribution in [0.2, 0.25) is 5.02 Å². The summed E-state index contributed by atoms with van der Waals surface area (Å²) < 4.78 is 0. The van der Waals surface area contributed by atoms with E-state index in [2.05, 4.69) is 5.32 Å². The first-order valence-corrected chi connectivity index (χ1v) is 4.47. The van der Waals surface area contributed by atoms with Crippen molar-refractivity contribution in [3.8, 4) is 0 Å². The van der Waals surface area contributed by atoms with Gasteiger partial charge in [0.25, 0.3) is 5.91 Å². The molecule has 0 atom stereocenters. The molecule has 4 N–H and O–H groups in total. The van der Waals surface area contributed by atoms with Gasteiger partial charge in [0.05, 0.1) is 22.9 Å². The van der Waals surface area contributed by atoms with Crippen molar-refractivity contribution in [1.82, 2.24) is 5.32 Å². The van der Waals surface area contributed by atoms with Crippen LogP contribution in [0.1, 0.15) is 10.4 Å². The Balaban J connectivity index is 2.84. The predicted octanol–water partition coefficient (Wildman–Crippen LogP) is 0.644. The third-order valence-corrected chi connectivity index (χ3v) is 2.09. The average molecular weight is 215 g/mol. The number of nitrogens with two attached hydrogens (primary N) is 1. The van der Waals surface area contributed by atoms with E-state index in [0.29, 0.717) is 11.3 Å². The van der Waals surface area contributed by atoms with E-state index in [1.165, 1.54) is 0 Å². The van der Waals surface area contributed by atoms with Crippen molar-refractivity contribution in [1.29, 1.82) is 0 Å². The number of carbonyl (C=O) groups excluding carboxylic acids is 1. The molecule has 0 bridgehead atoms. The Morgan fingerprint density at radius 1 is 1.57 bits per heavy atom. The maximum absolute atomic E-state index is 11.4. The molecule has 1 amide bonds. The van der Waals surface area contributed by atoms with E-state index in [0.717, 1.165) is 0 Å². The number of benzene rings is 1. The van der Waals surface area contributed by atoms with Gasteiger partial charge in [-0.15, -0.1) is 0 Å². The van der Waals surface area contributed by atoms with Gasteiger partial charge in [-0.1, -0.05) is 17.7 Å². The van der Waals surface area contributed by atoms with Crippen molar-refractivity contribution < 1.29 is 9.90 Å². The smallest absolute Gasteiger partial charge is 0.252 e. The number of aliphatic hydroxyl groups is 1. The first-order chi connectivity index (χ1) is 6.66. The van der Waals surface area contributed by atoms with E-state index in [-0.39, 0.29) is 24.1 Å². The number of rotatable bonds is 3.